The van der Waals surface area contributed by atoms with Crippen molar-refractivity contribution in [3.63, 3.8) is 0 Å². The number of nitrogens with one attached hydrogen (secondary N) is 3. The van der Waals surface area contributed by atoms with Crippen molar-refractivity contribution in [2.75, 3.05) is 13.7 Å². The lowest BCUT2D eigenvalue weighted by Crippen LogP contribution is -2.50. The molecule has 0 radical (unpaired) electrons. The number of ether oxygens (including phenoxy) is 1. The highest BCUT2D eigenvalue weighted by Gasteiger charge is 2.12. The highest BCUT2D eigenvalue weighted by atomic mass is 32.1. The molecule has 1 atom stereocenters. The van der Waals surface area contributed by atoms with E-state index in [4.69, 9.17) is 17.0 Å². The van der Waals surface area contributed by atoms with Crippen LogP contribution < -0.4 is 16.2 Å². The predicted octanol–water partition coefficient (Wildman–Crippen LogP) is 1.11. The van der Waals surface area contributed by atoms with E-state index < -0.39 is 17.5 Å². The molecular formula is C12H15F2N3O2S. The molecule has 0 aliphatic heterocycles. The summed E-state index contributed by atoms with van der Waals surface area (Å²) in [6.07, 6.45) is 0. The largest absolute Gasteiger partial charge is 0.383 e. The van der Waals surface area contributed by atoms with Gasteiger partial charge in [-0.2, -0.15) is 0 Å². The second-order valence-corrected chi connectivity index (χ2v) is 4.44. The molecule has 1 rings (SSSR count). The topological polar surface area (TPSA) is 62.4 Å². The van der Waals surface area contributed by atoms with Crippen LogP contribution in [0, 0.1) is 11.6 Å². The van der Waals surface area contributed by atoms with Crippen LogP contribution in [0.15, 0.2) is 18.2 Å². The van der Waals surface area contributed by atoms with Crippen molar-refractivity contribution < 1.29 is 18.3 Å². The number of carbonyl (C=O) groups is 1. The molecule has 1 aromatic rings. The SMILES string of the molecule is COC[C@@H](C)NC(=S)NNC(=O)c1ccc(F)cc1F. The maximum atomic E-state index is 13.3. The van der Waals surface area contributed by atoms with Gasteiger partial charge in [-0.05, 0) is 31.3 Å². The maximum Gasteiger partial charge on any atom is 0.272 e. The number of rotatable bonds is 4. The first-order chi connectivity index (χ1) is 9.43. The van der Waals surface area contributed by atoms with E-state index in [0.29, 0.717) is 12.7 Å². The number of hydrazine groups is 1. The van der Waals surface area contributed by atoms with E-state index >= 15 is 0 Å². The number of carbonyl (C=O) groups excluding carboxylic acids is 1. The van der Waals surface area contributed by atoms with Crippen LogP contribution in [0.4, 0.5) is 8.78 Å². The Labute approximate surface area is 120 Å². The lowest BCUT2D eigenvalue weighted by molar-refractivity contribution is 0.0939. The molecule has 5 nitrogen and oxygen atoms in total. The lowest BCUT2D eigenvalue weighted by atomic mass is 10.2. The molecule has 0 heterocycles. The molecular weight excluding hydrogens is 288 g/mol. The molecule has 1 aromatic carbocycles. The maximum absolute atomic E-state index is 13.3. The number of halogens is 2. The van der Waals surface area contributed by atoms with E-state index in [1.165, 1.54) is 0 Å². The molecule has 0 saturated heterocycles. The molecule has 1 amide bonds. The summed E-state index contributed by atoms with van der Waals surface area (Å²) in [5.74, 6) is -2.46. The highest BCUT2D eigenvalue weighted by Crippen LogP contribution is 2.08. The fraction of sp³-hybridized carbons (Fsp3) is 0.333. The van der Waals surface area contributed by atoms with Gasteiger partial charge < -0.3 is 10.1 Å². The minimum Gasteiger partial charge on any atom is -0.383 e. The van der Waals surface area contributed by atoms with Crippen molar-refractivity contribution in [3.8, 4) is 0 Å². The zero-order chi connectivity index (χ0) is 15.1. The summed E-state index contributed by atoms with van der Waals surface area (Å²) < 4.78 is 31.0. The Morgan fingerprint density at radius 1 is 1.40 bits per heavy atom. The first-order valence-corrected chi connectivity index (χ1v) is 6.15. The Kier molecular flexibility index (Phi) is 6.26. The van der Waals surface area contributed by atoms with Crippen molar-refractivity contribution in [1.82, 2.24) is 16.2 Å². The van der Waals surface area contributed by atoms with Crippen LogP contribution in [0.25, 0.3) is 0 Å². The fourth-order valence-electron chi connectivity index (χ4n) is 1.41. The Morgan fingerprint density at radius 2 is 2.10 bits per heavy atom. The van der Waals surface area contributed by atoms with Gasteiger partial charge in [0.05, 0.1) is 12.2 Å². The van der Waals surface area contributed by atoms with Gasteiger partial charge in [0.25, 0.3) is 5.91 Å². The summed E-state index contributed by atoms with van der Waals surface area (Å²) in [4.78, 5) is 11.6. The van der Waals surface area contributed by atoms with E-state index in [9.17, 15) is 13.6 Å². The Balaban J connectivity index is 2.49. The second-order valence-electron chi connectivity index (χ2n) is 4.03. The van der Waals surface area contributed by atoms with Gasteiger partial charge in [-0.1, -0.05) is 0 Å². The fourth-order valence-corrected chi connectivity index (χ4v) is 1.66. The van der Waals surface area contributed by atoms with Crippen LogP contribution in [0.3, 0.4) is 0 Å². The number of methoxy groups -OCH3 is 1. The van der Waals surface area contributed by atoms with Gasteiger partial charge in [-0.25, -0.2) is 8.78 Å². The third-order valence-electron chi connectivity index (χ3n) is 2.26. The van der Waals surface area contributed by atoms with Crippen LogP contribution in [0.1, 0.15) is 17.3 Å². The quantitative estimate of drug-likeness (QED) is 0.574. The molecule has 0 aliphatic rings. The van der Waals surface area contributed by atoms with Gasteiger partial charge >= 0.3 is 0 Å². The van der Waals surface area contributed by atoms with E-state index in [0.717, 1.165) is 12.1 Å². The summed E-state index contributed by atoms with van der Waals surface area (Å²) >= 11 is 4.92. The molecule has 0 fully saturated rings. The third kappa shape index (κ3) is 5.06. The van der Waals surface area contributed by atoms with Gasteiger partial charge in [0.1, 0.15) is 11.6 Å². The van der Waals surface area contributed by atoms with Crippen molar-refractivity contribution in [3.05, 3.63) is 35.4 Å². The molecule has 0 saturated carbocycles. The molecule has 8 heteroatoms. The second kappa shape index (κ2) is 7.71. The smallest absolute Gasteiger partial charge is 0.272 e. The first kappa shape index (κ1) is 16.3. The van der Waals surface area contributed by atoms with Crippen molar-refractivity contribution in [2.45, 2.75) is 13.0 Å². The van der Waals surface area contributed by atoms with E-state index in [-0.39, 0.29) is 16.7 Å². The normalized spacial score (nSPS) is 11.6. The average Bonchev–Trinajstić information content (AvgIpc) is 2.36. The summed E-state index contributed by atoms with van der Waals surface area (Å²) in [6, 6.07) is 2.62. The van der Waals surface area contributed by atoms with E-state index in [1.54, 1.807) is 7.11 Å². The zero-order valence-electron chi connectivity index (χ0n) is 11.0. The monoisotopic (exact) mass is 303 g/mol. The predicted molar refractivity (Wildman–Crippen MR) is 74.0 cm³/mol. The number of thiocarbonyl (C=S) groups is 1. The zero-order valence-corrected chi connectivity index (χ0v) is 11.8. The van der Waals surface area contributed by atoms with Crippen LogP contribution in [-0.2, 0) is 4.74 Å². The number of amides is 1. The minimum atomic E-state index is -0.948. The van der Waals surface area contributed by atoms with Crippen LogP contribution >= 0.6 is 12.2 Å². The van der Waals surface area contributed by atoms with Gasteiger partial charge in [0.15, 0.2) is 5.11 Å². The van der Waals surface area contributed by atoms with Crippen molar-refractivity contribution in [2.24, 2.45) is 0 Å². The lowest BCUT2D eigenvalue weighted by Gasteiger charge is -2.16. The van der Waals surface area contributed by atoms with Gasteiger partial charge in [0.2, 0.25) is 0 Å². The number of hydrogen-bond donors (Lipinski definition) is 3. The Morgan fingerprint density at radius 3 is 2.70 bits per heavy atom. The summed E-state index contributed by atoms with van der Waals surface area (Å²) in [5, 5.41) is 3.00. The molecule has 0 unspecified atom stereocenters. The first-order valence-electron chi connectivity index (χ1n) is 5.75. The molecule has 3 N–H and O–H groups in total. The summed E-state index contributed by atoms with van der Waals surface area (Å²) in [5.41, 5.74) is 4.34. The van der Waals surface area contributed by atoms with Crippen LogP contribution in [0.5, 0.6) is 0 Å². The van der Waals surface area contributed by atoms with Crippen molar-refractivity contribution >= 4 is 23.2 Å². The molecule has 0 aromatic heterocycles. The van der Waals surface area contributed by atoms with E-state index in [2.05, 4.69) is 16.2 Å². The van der Waals surface area contributed by atoms with Crippen molar-refractivity contribution in [1.29, 1.82) is 0 Å². The molecule has 20 heavy (non-hydrogen) atoms. The van der Waals surface area contributed by atoms with Crippen LogP contribution in [-0.4, -0.2) is 30.8 Å². The van der Waals surface area contributed by atoms with Gasteiger partial charge in [0, 0.05) is 19.2 Å². The Bertz CT molecular complexity index is 500. The van der Waals surface area contributed by atoms with Crippen LogP contribution in [0.2, 0.25) is 0 Å². The molecule has 0 spiro atoms. The van der Waals surface area contributed by atoms with Gasteiger partial charge in [-0.15, -0.1) is 0 Å². The minimum absolute atomic E-state index is 0.0561. The third-order valence-corrected chi connectivity index (χ3v) is 2.48. The Hall–Kier alpha value is -1.80. The van der Waals surface area contributed by atoms with E-state index in [1.807, 2.05) is 6.92 Å². The molecule has 0 bridgehead atoms. The van der Waals surface area contributed by atoms with Gasteiger partial charge in [-0.3, -0.25) is 15.6 Å². The summed E-state index contributed by atoms with van der Waals surface area (Å²) in [6.45, 7) is 2.27. The number of hydrogen-bond acceptors (Lipinski definition) is 3. The molecule has 0 aliphatic carbocycles. The molecule has 110 valence electrons. The average molecular weight is 303 g/mol. The summed E-state index contributed by atoms with van der Waals surface area (Å²) in [7, 11) is 1.55. The standard InChI is InChI=1S/C12H15F2N3O2S/c1-7(6-19-2)15-12(20)17-16-11(18)9-4-3-8(13)5-10(9)14/h3-5,7H,6H2,1-2H3,(H,16,18)(H2,15,17,20)/t7-/m1/s1. The number of benzene rings is 1. The highest BCUT2D eigenvalue weighted by molar-refractivity contribution is 7.80.